The Hall–Kier alpha value is -3.53. The molecular weight excluding hydrogens is 348 g/mol. The quantitative estimate of drug-likeness (QED) is 0.473. The van der Waals surface area contributed by atoms with Gasteiger partial charge in [0.2, 0.25) is 0 Å². The summed E-state index contributed by atoms with van der Waals surface area (Å²) in [5, 5.41) is 17.9. The van der Waals surface area contributed by atoms with Crippen molar-refractivity contribution in [2.75, 3.05) is 0 Å². The number of rotatable bonds is 7. The third-order valence-corrected chi connectivity index (χ3v) is 4.65. The van der Waals surface area contributed by atoms with Crippen LogP contribution in [0.3, 0.4) is 0 Å². The summed E-state index contributed by atoms with van der Waals surface area (Å²) in [4.78, 5) is 0. The lowest BCUT2D eigenvalue weighted by Crippen LogP contribution is -1.97. The molecule has 0 bridgehead atoms. The molecule has 28 heavy (non-hydrogen) atoms. The number of benzene rings is 3. The van der Waals surface area contributed by atoms with Crippen LogP contribution in [0.1, 0.15) is 16.8 Å². The molecule has 1 heterocycles. The molecule has 0 saturated heterocycles. The largest absolute Gasteiger partial charge is 0.507 e. The minimum atomic E-state index is 0.159. The van der Waals surface area contributed by atoms with Crippen LogP contribution in [0.2, 0.25) is 0 Å². The molecule has 0 saturated carbocycles. The molecule has 0 amide bonds. The lowest BCUT2D eigenvalue weighted by atomic mass is 10.1. The summed E-state index contributed by atoms with van der Waals surface area (Å²) in [5.74, 6) is 0.775. The van der Waals surface area contributed by atoms with Crippen LogP contribution in [0.25, 0.3) is 11.3 Å². The summed E-state index contributed by atoms with van der Waals surface area (Å²) in [6.45, 7) is 0.433. The number of phenols is 1. The molecule has 140 valence electrons. The number of phenolic OH excluding ortho intramolecular Hbond substituents is 1. The van der Waals surface area contributed by atoms with Gasteiger partial charge >= 0.3 is 0 Å². The number of hydrogen-bond acceptors (Lipinski definition) is 3. The van der Waals surface area contributed by atoms with Gasteiger partial charge in [-0.15, -0.1) is 0 Å². The van der Waals surface area contributed by atoms with Gasteiger partial charge in [0.25, 0.3) is 0 Å². The van der Waals surface area contributed by atoms with E-state index in [2.05, 4.69) is 22.3 Å². The second kappa shape index (κ2) is 8.44. The minimum absolute atomic E-state index is 0.159. The molecule has 4 rings (SSSR count). The molecule has 2 N–H and O–H groups in total. The molecular formula is C24H22N2O2. The minimum Gasteiger partial charge on any atom is -0.507 e. The zero-order chi connectivity index (χ0) is 19.2. The van der Waals surface area contributed by atoms with E-state index in [4.69, 9.17) is 4.74 Å². The van der Waals surface area contributed by atoms with Crippen molar-refractivity contribution in [3.05, 3.63) is 102 Å². The number of H-pyrrole nitrogens is 1. The summed E-state index contributed by atoms with van der Waals surface area (Å²) >= 11 is 0. The Balaban J connectivity index is 1.51. The van der Waals surface area contributed by atoms with Crippen LogP contribution in [0.5, 0.6) is 11.5 Å². The Labute approximate surface area is 164 Å². The highest BCUT2D eigenvalue weighted by Gasteiger charge is 2.15. The van der Waals surface area contributed by atoms with Crippen LogP contribution in [0.15, 0.2) is 84.9 Å². The number of nitrogens with one attached hydrogen (secondary N) is 1. The summed E-state index contributed by atoms with van der Waals surface area (Å²) < 4.78 is 5.98. The number of aromatic amines is 1. The van der Waals surface area contributed by atoms with E-state index < -0.39 is 0 Å². The highest BCUT2D eigenvalue weighted by molar-refractivity contribution is 5.74. The van der Waals surface area contributed by atoms with Crippen molar-refractivity contribution in [1.29, 1.82) is 0 Å². The predicted octanol–water partition coefficient (Wildman–Crippen LogP) is 5.15. The summed E-state index contributed by atoms with van der Waals surface area (Å²) in [6.07, 6.45) is 1.78. The van der Waals surface area contributed by atoms with E-state index in [9.17, 15) is 5.11 Å². The van der Waals surface area contributed by atoms with Crippen molar-refractivity contribution in [3.8, 4) is 22.8 Å². The standard InChI is InChI=1S/C24H22N2O2/c27-22-12-7-13-23(28-17-19-10-5-2-6-11-19)24(22)21-16-20(25-26-21)15-14-18-8-3-1-4-9-18/h1-13,16,27H,14-15,17H2,(H,25,26). The van der Waals surface area contributed by atoms with Crippen molar-refractivity contribution >= 4 is 0 Å². The van der Waals surface area contributed by atoms with Gasteiger partial charge in [0.05, 0.1) is 11.3 Å². The molecule has 0 spiro atoms. The fraction of sp³-hybridized carbons (Fsp3) is 0.125. The molecule has 4 nitrogen and oxygen atoms in total. The Morgan fingerprint density at radius 3 is 2.25 bits per heavy atom. The van der Waals surface area contributed by atoms with Gasteiger partial charge in [0, 0.05) is 5.69 Å². The maximum atomic E-state index is 10.4. The Morgan fingerprint density at radius 1 is 0.786 bits per heavy atom. The van der Waals surface area contributed by atoms with Gasteiger partial charge in [0.15, 0.2) is 0 Å². The molecule has 4 aromatic rings. The summed E-state index contributed by atoms with van der Waals surface area (Å²) in [5.41, 5.74) is 4.68. The van der Waals surface area contributed by atoms with E-state index >= 15 is 0 Å². The Kier molecular flexibility index (Phi) is 5.38. The SMILES string of the molecule is Oc1cccc(OCc2ccccc2)c1-c1cc(CCc2ccccc2)[nH]n1. The molecule has 0 atom stereocenters. The number of nitrogens with zero attached hydrogens (tertiary/aromatic N) is 1. The van der Waals surface area contributed by atoms with Crippen LogP contribution >= 0.6 is 0 Å². The number of aromatic hydroxyl groups is 1. The fourth-order valence-corrected chi connectivity index (χ4v) is 3.17. The maximum absolute atomic E-state index is 10.4. The second-order valence-electron chi connectivity index (χ2n) is 6.69. The van der Waals surface area contributed by atoms with Crippen molar-refractivity contribution in [2.45, 2.75) is 19.4 Å². The number of ether oxygens (including phenoxy) is 1. The maximum Gasteiger partial charge on any atom is 0.133 e. The van der Waals surface area contributed by atoms with Crippen LogP contribution in [-0.2, 0) is 19.4 Å². The van der Waals surface area contributed by atoms with Crippen molar-refractivity contribution < 1.29 is 9.84 Å². The lowest BCUT2D eigenvalue weighted by molar-refractivity contribution is 0.306. The van der Waals surface area contributed by atoms with E-state index in [0.717, 1.165) is 24.1 Å². The first-order valence-corrected chi connectivity index (χ1v) is 9.37. The molecule has 0 aliphatic heterocycles. The van der Waals surface area contributed by atoms with Crippen LogP contribution in [0.4, 0.5) is 0 Å². The lowest BCUT2D eigenvalue weighted by Gasteiger charge is -2.11. The monoisotopic (exact) mass is 370 g/mol. The molecule has 1 aromatic heterocycles. The van der Waals surface area contributed by atoms with E-state index in [1.807, 2.05) is 60.7 Å². The highest BCUT2D eigenvalue weighted by atomic mass is 16.5. The van der Waals surface area contributed by atoms with Gasteiger partial charge in [0.1, 0.15) is 18.1 Å². The zero-order valence-corrected chi connectivity index (χ0v) is 15.5. The topological polar surface area (TPSA) is 58.1 Å². The first kappa shape index (κ1) is 17.9. The average molecular weight is 370 g/mol. The van der Waals surface area contributed by atoms with Crippen LogP contribution in [0, 0.1) is 0 Å². The van der Waals surface area contributed by atoms with E-state index in [1.165, 1.54) is 5.56 Å². The second-order valence-corrected chi connectivity index (χ2v) is 6.69. The molecule has 0 radical (unpaired) electrons. The molecule has 0 aliphatic rings. The van der Waals surface area contributed by atoms with E-state index in [-0.39, 0.29) is 5.75 Å². The Bertz CT molecular complexity index is 1030. The number of aryl methyl sites for hydroxylation is 2. The molecule has 3 aromatic carbocycles. The zero-order valence-electron chi connectivity index (χ0n) is 15.5. The van der Waals surface area contributed by atoms with Crippen LogP contribution < -0.4 is 4.74 Å². The fourth-order valence-electron chi connectivity index (χ4n) is 3.17. The molecule has 0 aliphatic carbocycles. The van der Waals surface area contributed by atoms with Gasteiger partial charge in [-0.1, -0.05) is 66.7 Å². The smallest absolute Gasteiger partial charge is 0.133 e. The third kappa shape index (κ3) is 4.23. The summed E-state index contributed by atoms with van der Waals surface area (Å²) in [6, 6.07) is 27.6. The highest BCUT2D eigenvalue weighted by Crippen LogP contribution is 2.37. The average Bonchev–Trinajstić information content (AvgIpc) is 3.21. The third-order valence-electron chi connectivity index (χ3n) is 4.65. The van der Waals surface area contributed by atoms with Crippen molar-refractivity contribution in [3.63, 3.8) is 0 Å². The van der Waals surface area contributed by atoms with Crippen molar-refractivity contribution in [1.82, 2.24) is 10.2 Å². The normalized spacial score (nSPS) is 10.7. The summed E-state index contributed by atoms with van der Waals surface area (Å²) in [7, 11) is 0. The number of aromatic nitrogens is 2. The van der Waals surface area contributed by atoms with Gasteiger partial charge in [-0.05, 0) is 42.2 Å². The first-order chi connectivity index (χ1) is 13.8. The van der Waals surface area contributed by atoms with E-state index in [1.54, 1.807) is 12.1 Å². The molecule has 4 heteroatoms. The molecule has 0 unspecified atom stereocenters. The number of hydrogen-bond donors (Lipinski definition) is 2. The van der Waals surface area contributed by atoms with Crippen LogP contribution in [-0.4, -0.2) is 15.3 Å². The van der Waals surface area contributed by atoms with Gasteiger partial charge in [-0.25, -0.2) is 0 Å². The first-order valence-electron chi connectivity index (χ1n) is 9.37. The van der Waals surface area contributed by atoms with Gasteiger partial charge in [-0.3, -0.25) is 5.10 Å². The predicted molar refractivity (Wildman–Crippen MR) is 110 cm³/mol. The van der Waals surface area contributed by atoms with Gasteiger partial charge in [-0.2, -0.15) is 5.10 Å². The molecule has 0 fully saturated rings. The van der Waals surface area contributed by atoms with Gasteiger partial charge < -0.3 is 9.84 Å². The Morgan fingerprint density at radius 2 is 1.50 bits per heavy atom. The van der Waals surface area contributed by atoms with E-state index in [0.29, 0.717) is 23.6 Å². The van der Waals surface area contributed by atoms with Crippen molar-refractivity contribution in [2.24, 2.45) is 0 Å².